The quantitative estimate of drug-likeness (QED) is 0.701. The lowest BCUT2D eigenvalue weighted by Gasteiger charge is -2.09. The molecule has 2 aromatic rings. The molecule has 2 rings (SSSR count). The number of hydrogen-bond acceptors (Lipinski definition) is 2. The van der Waals surface area contributed by atoms with Gasteiger partial charge in [0.1, 0.15) is 11.5 Å². The number of hydrogen-bond donors (Lipinski definition) is 0. The van der Waals surface area contributed by atoms with Crippen LogP contribution in [0.5, 0.6) is 11.5 Å². The second-order valence-electron chi connectivity index (χ2n) is 3.84. The molecule has 0 bridgehead atoms. The lowest BCUT2D eigenvalue weighted by Crippen LogP contribution is -1.88. The first-order chi connectivity index (χ1) is 8.60. The van der Waals surface area contributed by atoms with Gasteiger partial charge in [-0.2, -0.15) is 0 Å². The molecule has 0 saturated heterocycles. The summed E-state index contributed by atoms with van der Waals surface area (Å²) in [6, 6.07) is 11.1. The van der Waals surface area contributed by atoms with E-state index in [1.807, 2.05) is 25.1 Å². The van der Waals surface area contributed by atoms with Gasteiger partial charge in [-0.3, -0.25) is 4.79 Å². The fraction of sp³-hybridized carbons (Fsp3) is 0.0714. The molecule has 0 fully saturated rings. The molecule has 0 aliphatic heterocycles. The van der Waals surface area contributed by atoms with Crippen LogP contribution >= 0.6 is 31.9 Å². The molecule has 0 heterocycles. The maximum atomic E-state index is 10.7. The van der Waals surface area contributed by atoms with Gasteiger partial charge in [0, 0.05) is 10.0 Å². The molecule has 0 N–H and O–H groups in total. The van der Waals surface area contributed by atoms with Crippen molar-refractivity contribution in [3.05, 3.63) is 56.5 Å². The van der Waals surface area contributed by atoms with Crippen LogP contribution in [0, 0.1) is 6.92 Å². The Bertz CT molecular complexity index is 594. The Labute approximate surface area is 122 Å². The van der Waals surface area contributed by atoms with E-state index in [9.17, 15) is 4.79 Å². The number of halogens is 2. The SMILES string of the molecule is Cc1ccc(Oc2ccc(C=O)c(Br)c2)c(Br)c1. The Hall–Kier alpha value is -1.13. The molecule has 0 aliphatic rings. The summed E-state index contributed by atoms with van der Waals surface area (Å²) in [7, 11) is 0. The van der Waals surface area contributed by atoms with Crippen LogP contribution < -0.4 is 4.74 Å². The first kappa shape index (κ1) is 13.3. The van der Waals surface area contributed by atoms with Gasteiger partial charge in [-0.1, -0.05) is 6.07 Å². The van der Waals surface area contributed by atoms with Crippen molar-refractivity contribution in [2.75, 3.05) is 0 Å². The van der Waals surface area contributed by atoms with Gasteiger partial charge in [0.2, 0.25) is 0 Å². The van der Waals surface area contributed by atoms with E-state index in [-0.39, 0.29) is 0 Å². The lowest BCUT2D eigenvalue weighted by atomic mass is 10.2. The van der Waals surface area contributed by atoms with Crippen LogP contribution in [0.3, 0.4) is 0 Å². The monoisotopic (exact) mass is 368 g/mol. The van der Waals surface area contributed by atoms with Crippen LogP contribution in [0.25, 0.3) is 0 Å². The molecule has 0 radical (unpaired) electrons. The van der Waals surface area contributed by atoms with Gasteiger partial charge >= 0.3 is 0 Å². The Morgan fingerprint density at radius 1 is 1.06 bits per heavy atom. The Morgan fingerprint density at radius 3 is 2.44 bits per heavy atom. The Morgan fingerprint density at radius 2 is 1.83 bits per heavy atom. The number of benzene rings is 2. The first-order valence-electron chi connectivity index (χ1n) is 5.29. The van der Waals surface area contributed by atoms with Gasteiger partial charge in [-0.05, 0) is 74.7 Å². The predicted octanol–water partition coefficient (Wildman–Crippen LogP) is 5.12. The van der Waals surface area contributed by atoms with E-state index in [4.69, 9.17) is 4.74 Å². The third-order valence-electron chi connectivity index (χ3n) is 2.41. The molecule has 2 nitrogen and oxygen atoms in total. The van der Waals surface area contributed by atoms with Crippen molar-refractivity contribution in [1.29, 1.82) is 0 Å². The Kier molecular flexibility index (Phi) is 4.19. The van der Waals surface area contributed by atoms with Crippen molar-refractivity contribution in [3.8, 4) is 11.5 Å². The minimum atomic E-state index is 0.602. The summed E-state index contributed by atoms with van der Waals surface area (Å²) in [6.07, 6.45) is 0.801. The highest BCUT2D eigenvalue weighted by Gasteiger charge is 2.05. The minimum absolute atomic E-state index is 0.602. The van der Waals surface area contributed by atoms with Crippen molar-refractivity contribution in [2.45, 2.75) is 6.92 Å². The highest BCUT2D eigenvalue weighted by atomic mass is 79.9. The largest absolute Gasteiger partial charge is 0.456 e. The molecule has 0 aromatic heterocycles. The molecule has 0 spiro atoms. The standard InChI is InChI=1S/C14H10Br2O2/c1-9-2-5-14(13(16)6-9)18-11-4-3-10(8-17)12(15)7-11/h2-8H,1H3. The molecular formula is C14H10Br2O2. The van der Waals surface area contributed by atoms with Crippen LogP contribution in [0.15, 0.2) is 45.3 Å². The predicted molar refractivity (Wildman–Crippen MR) is 78.5 cm³/mol. The van der Waals surface area contributed by atoms with E-state index in [0.717, 1.165) is 26.5 Å². The summed E-state index contributed by atoms with van der Waals surface area (Å²) in [5, 5.41) is 0. The molecule has 0 aliphatic carbocycles. The molecular weight excluding hydrogens is 360 g/mol. The van der Waals surface area contributed by atoms with Crippen LogP contribution in [-0.4, -0.2) is 6.29 Å². The van der Waals surface area contributed by atoms with E-state index in [1.165, 1.54) is 0 Å². The molecule has 2 aromatic carbocycles. The molecule has 0 amide bonds. The summed E-state index contributed by atoms with van der Waals surface area (Å²) in [5.74, 6) is 1.42. The second-order valence-corrected chi connectivity index (χ2v) is 5.55. The number of rotatable bonds is 3. The zero-order chi connectivity index (χ0) is 13.1. The maximum Gasteiger partial charge on any atom is 0.151 e. The van der Waals surface area contributed by atoms with Gasteiger partial charge in [0.05, 0.1) is 4.47 Å². The van der Waals surface area contributed by atoms with Gasteiger partial charge in [-0.25, -0.2) is 0 Å². The summed E-state index contributed by atoms with van der Waals surface area (Å²) >= 11 is 6.79. The van der Waals surface area contributed by atoms with Gasteiger partial charge in [0.25, 0.3) is 0 Å². The molecule has 0 unspecified atom stereocenters. The minimum Gasteiger partial charge on any atom is -0.456 e. The number of carbonyl (C=O) groups is 1. The molecule has 92 valence electrons. The van der Waals surface area contributed by atoms with Crippen LogP contribution in [-0.2, 0) is 0 Å². The molecule has 18 heavy (non-hydrogen) atoms. The normalized spacial score (nSPS) is 10.2. The van der Waals surface area contributed by atoms with Crippen LogP contribution in [0.2, 0.25) is 0 Å². The Balaban J connectivity index is 2.28. The average molecular weight is 370 g/mol. The third kappa shape index (κ3) is 3.00. The van der Waals surface area contributed by atoms with E-state index in [0.29, 0.717) is 11.3 Å². The molecule has 0 saturated carbocycles. The van der Waals surface area contributed by atoms with E-state index >= 15 is 0 Å². The molecule has 0 atom stereocenters. The van der Waals surface area contributed by atoms with Crippen molar-refractivity contribution in [2.24, 2.45) is 0 Å². The molecule has 4 heteroatoms. The first-order valence-corrected chi connectivity index (χ1v) is 6.87. The highest BCUT2D eigenvalue weighted by molar-refractivity contribution is 9.10. The van der Waals surface area contributed by atoms with E-state index in [1.54, 1.807) is 18.2 Å². The van der Waals surface area contributed by atoms with Crippen molar-refractivity contribution < 1.29 is 9.53 Å². The van der Waals surface area contributed by atoms with Crippen LogP contribution in [0.4, 0.5) is 0 Å². The number of carbonyl (C=O) groups excluding carboxylic acids is 1. The smallest absolute Gasteiger partial charge is 0.151 e. The highest BCUT2D eigenvalue weighted by Crippen LogP contribution is 2.32. The number of ether oxygens (including phenoxy) is 1. The van der Waals surface area contributed by atoms with Crippen molar-refractivity contribution in [1.82, 2.24) is 0 Å². The summed E-state index contributed by atoms with van der Waals surface area (Å²) < 4.78 is 7.37. The maximum absolute atomic E-state index is 10.7. The van der Waals surface area contributed by atoms with Crippen molar-refractivity contribution in [3.63, 3.8) is 0 Å². The fourth-order valence-corrected chi connectivity index (χ4v) is 2.51. The van der Waals surface area contributed by atoms with E-state index in [2.05, 4.69) is 31.9 Å². The van der Waals surface area contributed by atoms with Gasteiger partial charge in [0.15, 0.2) is 6.29 Å². The summed E-state index contributed by atoms with van der Waals surface area (Å²) in [4.78, 5) is 10.7. The van der Waals surface area contributed by atoms with Crippen molar-refractivity contribution >= 4 is 38.1 Å². The van der Waals surface area contributed by atoms with E-state index < -0.39 is 0 Å². The fourth-order valence-electron chi connectivity index (χ4n) is 1.48. The van der Waals surface area contributed by atoms with Gasteiger partial charge < -0.3 is 4.74 Å². The zero-order valence-corrected chi connectivity index (χ0v) is 12.8. The third-order valence-corrected chi connectivity index (χ3v) is 3.72. The zero-order valence-electron chi connectivity index (χ0n) is 9.61. The second kappa shape index (κ2) is 5.67. The van der Waals surface area contributed by atoms with Crippen LogP contribution in [0.1, 0.15) is 15.9 Å². The lowest BCUT2D eigenvalue weighted by molar-refractivity contribution is 0.112. The number of aldehydes is 1. The average Bonchev–Trinajstić information content (AvgIpc) is 2.33. The topological polar surface area (TPSA) is 26.3 Å². The summed E-state index contributed by atoms with van der Waals surface area (Å²) in [5.41, 5.74) is 1.76. The number of aryl methyl sites for hydroxylation is 1. The summed E-state index contributed by atoms with van der Waals surface area (Å²) in [6.45, 7) is 2.02. The van der Waals surface area contributed by atoms with Gasteiger partial charge in [-0.15, -0.1) is 0 Å².